The lowest BCUT2D eigenvalue weighted by atomic mass is 10.2. The number of hydrogen-bond acceptors (Lipinski definition) is 3. The summed E-state index contributed by atoms with van der Waals surface area (Å²) >= 11 is 0. The first-order valence-electron chi connectivity index (χ1n) is 5.80. The first-order valence-corrected chi connectivity index (χ1v) is 5.80. The van der Waals surface area contributed by atoms with Crippen molar-refractivity contribution < 1.29 is 0 Å². The summed E-state index contributed by atoms with van der Waals surface area (Å²) in [7, 11) is 0. The van der Waals surface area contributed by atoms with Gasteiger partial charge >= 0.3 is 0 Å². The van der Waals surface area contributed by atoms with E-state index in [1.807, 2.05) is 36.4 Å². The number of nitrogens with zero attached hydrogens (tertiary/aromatic N) is 1. The predicted octanol–water partition coefficient (Wildman–Crippen LogP) is 3.20. The van der Waals surface area contributed by atoms with Gasteiger partial charge in [0.2, 0.25) is 5.95 Å². The van der Waals surface area contributed by atoms with Gasteiger partial charge in [-0.3, -0.25) is 0 Å². The maximum Gasteiger partial charge on any atom is 0.205 e. The zero-order valence-corrected chi connectivity index (χ0v) is 10.1. The zero-order valence-electron chi connectivity index (χ0n) is 10.1. The van der Waals surface area contributed by atoms with Crippen molar-refractivity contribution in [3.63, 3.8) is 0 Å². The Morgan fingerprint density at radius 1 is 1.17 bits per heavy atom. The van der Waals surface area contributed by atoms with Crippen LogP contribution in [0.3, 0.4) is 0 Å². The van der Waals surface area contributed by atoms with E-state index in [0.29, 0.717) is 0 Å². The Balaban J connectivity index is 1.95. The van der Waals surface area contributed by atoms with Crippen LogP contribution in [0, 0.1) is 6.92 Å². The molecule has 0 fully saturated rings. The number of aromatic amines is 1. The third-order valence-electron chi connectivity index (χ3n) is 2.79. The molecular formula is C14H14N4. The van der Waals surface area contributed by atoms with E-state index in [4.69, 9.17) is 5.73 Å². The van der Waals surface area contributed by atoms with Crippen LogP contribution in [0.2, 0.25) is 0 Å². The lowest BCUT2D eigenvalue weighted by molar-refractivity contribution is 1.31. The lowest BCUT2D eigenvalue weighted by Crippen LogP contribution is -1.93. The molecule has 0 radical (unpaired) electrons. The number of hydrogen-bond donors (Lipinski definition) is 3. The van der Waals surface area contributed by atoms with Crippen LogP contribution in [0.4, 0.5) is 17.3 Å². The molecule has 1 aromatic heterocycles. The molecule has 0 spiro atoms. The maximum atomic E-state index is 5.74. The molecule has 0 atom stereocenters. The Morgan fingerprint density at radius 2 is 2.06 bits per heavy atom. The highest BCUT2D eigenvalue weighted by Crippen LogP contribution is 2.20. The van der Waals surface area contributed by atoms with Crippen molar-refractivity contribution in [2.24, 2.45) is 0 Å². The van der Waals surface area contributed by atoms with Gasteiger partial charge in [-0.2, -0.15) is 0 Å². The van der Waals surface area contributed by atoms with Gasteiger partial charge in [-0.15, -0.1) is 0 Å². The largest absolute Gasteiger partial charge is 0.399 e. The van der Waals surface area contributed by atoms with E-state index in [1.165, 1.54) is 5.56 Å². The normalized spacial score (nSPS) is 10.7. The molecule has 3 rings (SSSR count). The van der Waals surface area contributed by atoms with Crippen molar-refractivity contribution in [2.75, 3.05) is 11.1 Å². The molecule has 0 amide bonds. The maximum absolute atomic E-state index is 5.74. The second kappa shape index (κ2) is 4.07. The van der Waals surface area contributed by atoms with Crippen LogP contribution in [0.1, 0.15) is 5.56 Å². The lowest BCUT2D eigenvalue weighted by Gasteiger charge is -2.02. The second-order valence-corrected chi connectivity index (χ2v) is 4.36. The molecule has 0 aliphatic heterocycles. The molecule has 4 nitrogen and oxygen atoms in total. The van der Waals surface area contributed by atoms with E-state index in [2.05, 4.69) is 28.3 Å². The monoisotopic (exact) mass is 238 g/mol. The van der Waals surface area contributed by atoms with Gasteiger partial charge in [0.1, 0.15) is 0 Å². The quantitative estimate of drug-likeness (QED) is 0.600. The number of aryl methyl sites for hydroxylation is 1. The molecule has 1 heterocycles. The highest BCUT2D eigenvalue weighted by molar-refractivity contribution is 5.79. The first-order chi connectivity index (χ1) is 8.70. The van der Waals surface area contributed by atoms with E-state index in [9.17, 15) is 0 Å². The van der Waals surface area contributed by atoms with Crippen molar-refractivity contribution in [3.05, 3.63) is 48.0 Å². The molecule has 4 N–H and O–H groups in total. The fraction of sp³-hybridized carbons (Fsp3) is 0.0714. The van der Waals surface area contributed by atoms with Gasteiger partial charge in [-0.05, 0) is 42.8 Å². The van der Waals surface area contributed by atoms with Crippen molar-refractivity contribution in [2.45, 2.75) is 6.92 Å². The SMILES string of the molecule is Cc1ccc2nc(Nc3cccc(N)c3)[nH]c2c1. The fourth-order valence-electron chi connectivity index (χ4n) is 1.94. The standard InChI is InChI=1S/C14H14N4/c1-9-5-6-12-13(7-9)18-14(17-12)16-11-4-2-3-10(15)8-11/h2-8H,15H2,1H3,(H2,16,17,18). The minimum atomic E-state index is 0.723. The average Bonchev–Trinajstić information content (AvgIpc) is 2.70. The van der Waals surface area contributed by atoms with E-state index < -0.39 is 0 Å². The van der Waals surface area contributed by atoms with Gasteiger partial charge < -0.3 is 16.0 Å². The summed E-state index contributed by atoms with van der Waals surface area (Å²) in [4.78, 5) is 7.71. The number of imidazole rings is 1. The molecule has 0 saturated carbocycles. The number of nitrogen functional groups attached to an aromatic ring is 1. The minimum Gasteiger partial charge on any atom is -0.399 e. The fourth-order valence-corrected chi connectivity index (χ4v) is 1.94. The van der Waals surface area contributed by atoms with Gasteiger partial charge in [-0.1, -0.05) is 12.1 Å². The number of nitrogens with one attached hydrogen (secondary N) is 2. The third-order valence-corrected chi connectivity index (χ3v) is 2.79. The molecule has 4 heteroatoms. The van der Waals surface area contributed by atoms with Crippen LogP contribution < -0.4 is 11.1 Å². The molecule has 3 aromatic rings. The van der Waals surface area contributed by atoms with Crippen LogP contribution in [0.5, 0.6) is 0 Å². The van der Waals surface area contributed by atoms with Gasteiger partial charge in [-0.25, -0.2) is 4.98 Å². The number of benzene rings is 2. The van der Waals surface area contributed by atoms with Gasteiger partial charge in [0.15, 0.2) is 0 Å². The molecule has 0 bridgehead atoms. The molecule has 2 aromatic carbocycles. The highest BCUT2D eigenvalue weighted by atomic mass is 15.1. The van der Waals surface area contributed by atoms with Crippen LogP contribution in [-0.2, 0) is 0 Å². The minimum absolute atomic E-state index is 0.723. The molecule has 0 aliphatic carbocycles. The predicted molar refractivity (Wildman–Crippen MR) is 75.0 cm³/mol. The van der Waals surface area contributed by atoms with E-state index in [1.54, 1.807) is 0 Å². The number of aromatic nitrogens is 2. The summed E-state index contributed by atoms with van der Waals surface area (Å²) in [6.07, 6.45) is 0. The Morgan fingerprint density at radius 3 is 2.89 bits per heavy atom. The Hall–Kier alpha value is -2.49. The Labute approximate surface area is 105 Å². The van der Waals surface area contributed by atoms with Gasteiger partial charge in [0.25, 0.3) is 0 Å². The molecule has 0 saturated heterocycles. The highest BCUT2D eigenvalue weighted by Gasteiger charge is 2.03. The summed E-state index contributed by atoms with van der Waals surface area (Å²) in [5, 5.41) is 3.21. The molecule has 0 unspecified atom stereocenters. The summed E-state index contributed by atoms with van der Waals surface area (Å²) in [6.45, 7) is 2.06. The smallest absolute Gasteiger partial charge is 0.205 e. The number of anilines is 3. The van der Waals surface area contributed by atoms with Crippen LogP contribution in [0.25, 0.3) is 11.0 Å². The summed E-state index contributed by atoms with van der Waals surface area (Å²) in [5.41, 5.74) is 10.6. The van der Waals surface area contributed by atoms with Crippen molar-refractivity contribution in [3.8, 4) is 0 Å². The summed E-state index contributed by atoms with van der Waals surface area (Å²) in [6, 6.07) is 13.7. The van der Waals surface area contributed by atoms with Crippen LogP contribution >= 0.6 is 0 Å². The van der Waals surface area contributed by atoms with Gasteiger partial charge in [0.05, 0.1) is 11.0 Å². The average molecular weight is 238 g/mol. The van der Waals surface area contributed by atoms with E-state index in [-0.39, 0.29) is 0 Å². The van der Waals surface area contributed by atoms with Crippen LogP contribution in [0.15, 0.2) is 42.5 Å². The second-order valence-electron chi connectivity index (χ2n) is 4.36. The van der Waals surface area contributed by atoms with Gasteiger partial charge in [0, 0.05) is 11.4 Å². The third kappa shape index (κ3) is 2.00. The van der Waals surface area contributed by atoms with Crippen LogP contribution in [-0.4, -0.2) is 9.97 Å². The van der Waals surface area contributed by atoms with Crippen molar-refractivity contribution >= 4 is 28.4 Å². The molecule has 90 valence electrons. The van der Waals surface area contributed by atoms with Crippen molar-refractivity contribution in [1.82, 2.24) is 9.97 Å². The van der Waals surface area contributed by atoms with E-state index in [0.717, 1.165) is 28.4 Å². The molecular weight excluding hydrogens is 224 g/mol. The number of H-pyrrole nitrogens is 1. The summed E-state index contributed by atoms with van der Waals surface area (Å²) < 4.78 is 0. The topological polar surface area (TPSA) is 66.7 Å². The Bertz CT molecular complexity index is 700. The van der Waals surface area contributed by atoms with Crippen molar-refractivity contribution in [1.29, 1.82) is 0 Å². The zero-order chi connectivity index (χ0) is 12.5. The number of fused-ring (bicyclic) bond motifs is 1. The summed E-state index contributed by atoms with van der Waals surface area (Å²) in [5.74, 6) is 0.723. The number of nitrogens with two attached hydrogens (primary N) is 1. The number of rotatable bonds is 2. The first kappa shape index (κ1) is 10.7. The Kier molecular flexibility index (Phi) is 2.41. The molecule has 18 heavy (non-hydrogen) atoms. The molecule has 0 aliphatic rings. The van der Waals surface area contributed by atoms with E-state index >= 15 is 0 Å².